The van der Waals surface area contributed by atoms with E-state index in [-0.39, 0.29) is 18.2 Å². The molecule has 0 aliphatic heterocycles. The van der Waals surface area contributed by atoms with E-state index in [4.69, 9.17) is 11.6 Å². The topological polar surface area (TPSA) is 49.4 Å². The van der Waals surface area contributed by atoms with E-state index in [9.17, 15) is 9.59 Å². The number of carbonyl (C=O) groups is 2. The summed E-state index contributed by atoms with van der Waals surface area (Å²) in [6.07, 6.45) is 1.69. The summed E-state index contributed by atoms with van der Waals surface area (Å²) in [6, 6.07) is 14.8. The molecule has 0 fully saturated rings. The number of aryl methyl sites for hydroxylation is 1. The Morgan fingerprint density at radius 1 is 1.07 bits per heavy atom. The lowest BCUT2D eigenvalue weighted by atomic mass is 10.0. The highest BCUT2D eigenvalue weighted by Crippen LogP contribution is 2.17. The second-order valence-corrected chi connectivity index (χ2v) is 7.40. The van der Waals surface area contributed by atoms with E-state index in [1.165, 1.54) is 0 Å². The monoisotopic (exact) mass is 400 g/mol. The Bertz CT molecular complexity index is 789. The summed E-state index contributed by atoms with van der Waals surface area (Å²) in [5, 5.41) is 3.58. The van der Waals surface area contributed by atoms with Crippen LogP contribution in [-0.4, -0.2) is 29.3 Å². The molecular weight excluding hydrogens is 372 g/mol. The van der Waals surface area contributed by atoms with Crippen LogP contribution in [0.25, 0.3) is 0 Å². The second-order valence-electron chi connectivity index (χ2n) is 6.97. The molecular formula is C23H29ClN2O2. The van der Waals surface area contributed by atoms with Crippen molar-refractivity contribution in [1.82, 2.24) is 10.2 Å². The van der Waals surface area contributed by atoms with Crippen molar-refractivity contribution in [2.24, 2.45) is 0 Å². The van der Waals surface area contributed by atoms with Gasteiger partial charge in [-0.05, 0) is 48.6 Å². The molecule has 2 rings (SSSR count). The van der Waals surface area contributed by atoms with E-state index in [2.05, 4.69) is 5.32 Å². The lowest BCUT2D eigenvalue weighted by Crippen LogP contribution is -2.49. The van der Waals surface area contributed by atoms with Gasteiger partial charge in [0.15, 0.2) is 0 Å². The fourth-order valence-electron chi connectivity index (χ4n) is 3.14. The third-order valence-corrected chi connectivity index (χ3v) is 5.06. The van der Waals surface area contributed by atoms with Crippen molar-refractivity contribution in [3.8, 4) is 0 Å². The van der Waals surface area contributed by atoms with Crippen molar-refractivity contribution < 1.29 is 9.59 Å². The molecule has 5 heteroatoms. The number of benzene rings is 2. The number of hydrogen-bond acceptors (Lipinski definition) is 2. The van der Waals surface area contributed by atoms with Gasteiger partial charge in [-0.3, -0.25) is 9.59 Å². The van der Waals surface area contributed by atoms with Crippen LogP contribution in [0.15, 0.2) is 48.5 Å². The molecule has 2 amide bonds. The van der Waals surface area contributed by atoms with Gasteiger partial charge in [0.2, 0.25) is 11.8 Å². The number of amides is 2. The van der Waals surface area contributed by atoms with Crippen LogP contribution >= 0.6 is 11.6 Å². The Labute approximate surface area is 172 Å². The summed E-state index contributed by atoms with van der Waals surface area (Å²) in [5.41, 5.74) is 3.01. The predicted molar refractivity (Wildman–Crippen MR) is 114 cm³/mol. The Morgan fingerprint density at radius 3 is 2.36 bits per heavy atom. The minimum absolute atomic E-state index is 0.0530. The van der Waals surface area contributed by atoms with Crippen LogP contribution in [0.2, 0.25) is 5.02 Å². The Hall–Kier alpha value is -2.33. The number of nitrogens with one attached hydrogen (secondary N) is 1. The van der Waals surface area contributed by atoms with E-state index in [0.29, 0.717) is 24.5 Å². The van der Waals surface area contributed by atoms with Gasteiger partial charge in [0.1, 0.15) is 6.04 Å². The van der Waals surface area contributed by atoms with E-state index in [1.54, 1.807) is 17.0 Å². The fourth-order valence-corrected chi connectivity index (χ4v) is 3.27. The summed E-state index contributed by atoms with van der Waals surface area (Å²) in [4.78, 5) is 27.6. The van der Waals surface area contributed by atoms with E-state index in [0.717, 1.165) is 23.1 Å². The molecule has 0 saturated heterocycles. The predicted octanol–water partition coefficient (Wildman–Crippen LogP) is 4.52. The fraction of sp³-hybridized carbons (Fsp3) is 0.391. The molecule has 0 bridgehead atoms. The van der Waals surface area contributed by atoms with Crippen molar-refractivity contribution in [2.45, 2.75) is 52.6 Å². The van der Waals surface area contributed by atoms with Gasteiger partial charge in [0, 0.05) is 18.1 Å². The zero-order chi connectivity index (χ0) is 20.5. The molecule has 2 aromatic carbocycles. The highest BCUT2D eigenvalue weighted by molar-refractivity contribution is 6.30. The highest BCUT2D eigenvalue weighted by Gasteiger charge is 2.28. The molecule has 0 unspecified atom stereocenters. The maximum atomic E-state index is 13.2. The highest BCUT2D eigenvalue weighted by atomic mass is 35.5. The van der Waals surface area contributed by atoms with Crippen LogP contribution in [0, 0.1) is 6.92 Å². The lowest BCUT2D eigenvalue weighted by Gasteiger charge is -2.31. The van der Waals surface area contributed by atoms with Gasteiger partial charge in [-0.15, -0.1) is 0 Å². The largest absolute Gasteiger partial charge is 0.354 e. The normalized spacial score (nSPS) is 11.7. The van der Waals surface area contributed by atoms with Crippen LogP contribution in [0.3, 0.4) is 0 Å². The molecule has 0 spiro atoms. The summed E-state index contributed by atoms with van der Waals surface area (Å²) >= 11 is 5.99. The van der Waals surface area contributed by atoms with Gasteiger partial charge >= 0.3 is 0 Å². The average Bonchev–Trinajstić information content (AvgIpc) is 2.69. The smallest absolute Gasteiger partial charge is 0.242 e. The zero-order valence-corrected chi connectivity index (χ0v) is 17.6. The van der Waals surface area contributed by atoms with Crippen LogP contribution in [0.1, 0.15) is 43.4 Å². The summed E-state index contributed by atoms with van der Waals surface area (Å²) in [5.74, 6) is -0.154. The van der Waals surface area contributed by atoms with Gasteiger partial charge in [-0.1, -0.05) is 61.8 Å². The minimum atomic E-state index is -0.501. The second kappa shape index (κ2) is 10.9. The van der Waals surface area contributed by atoms with Gasteiger partial charge in [-0.2, -0.15) is 0 Å². The van der Waals surface area contributed by atoms with E-state index in [1.807, 2.05) is 57.2 Å². The van der Waals surface area contributed by atoms with Crippen LogP contribution < -0.4 is 5.32 Å². The van der Waals surface area contributed by atoms with Crippen LogP contribution in [-0.2, 0) is 22.6 Å². The number of halogens is 1. The molecule has 2 aromatic rings. The Kier molecular flexibility index (Phi) is 8.52. The van der Waals surface area contributed by atoms with Crippen molar-refractivity contribution in [2.75, 3.05) is 6.54 Å². The molecule has 0 radical (unpaired) electrons. The summed E-state index contributed by atoms with van der Waals surface area (Å²) < 4.78 is 0. The molecule has 0 saturated carbocycles. The van der Waals surface area contributed by atoms with Gasteiger partial charge < -0.3 is 10.2 Å². The molecule has 0 heterocycles. The molecule has 1 atom stereocenters. The Balaban J connectivity index is 2.27. The molecule has 0 aliphatic carbocycles. The van der Waals surface area contributed by atoms with Gasteiger partial charge in [0.25, 0.3) is 0 Å². The summed E-state index contributed by atoms with van der Waals surface area (Å²) in [6.45, 7) is 6.93. The maximum absolute atomic E-state index is 13.2. The van der Waals surface area contributed by atoms with Crippen LogP contribution in [0.5, 0.6) is 0 Å². The van der Waals surface area contributed by atoms with E-state index >= 15 is 0 Å². The first-order valence-corrected chi connectivity index (χ1v) is 10.2. The Morgan fingerprint density at radius 2 is 1.75 bits per heavy atom. The van der Waals surface area contributed by atoms with Crippen molar-refractivity contribution in [3.05, 3.63) is 70.2 Å². The lowest BCUT2D eigenvalue weighted by molar-refractivity contribution is -0.140. The number of rotatable bonds is 9. The molecule has 0 aliphatic rings. The number of nitrogens with zero attached hydrogens (tertiary/aromatic N) is 1. The van der Waals surface area contributed by atoms with Gasteiger partial charge in [0.05, 0.1) is 6.42 Å². The molecule has 150 valence electrons. The number of hydrogen-bond donors (Lipinski definition) is 1. The third-order valence-electron chi connectivity index (χ3n) is 4.80. The van der Waals surface area contributed by atoms with Crippen molar-refractivity contribution >= 4 is 23.4 Å². The average molecular weight is 401 g/mol. The molecule has 4 nitrogen and oxygen atoms in total. The molecule has 28 heavy (non-hydrogen) atoms. The first-order chi connectivity index (χ1) is 13.5. The minimum Gasteiger partial charge on any atom is -0.354 e. The van der Waals surface area contributed by atoms with Gasteiger partial charge in [-0.25, -0.2) is 0 Å². The quantitative estimate of drug-likeness (QED) is 0.672. The zero-order valence-electron chi connectivity index (χ0n) is 16.9. The first-order valence-electron chi connectivity index (χ1n) is 9.82. The third kappa shape index (κ3) is 6.10. The number of carbonyl (C=O) groups excluding carboxylic acids is 2. The summed E-state index contributed by atoms with van der Waals surface area (Å²) in [7, 11) is 0. The molecule has 0 aromatic heterocycles. The van der Waals surface area contributed by atoms with E-state index < -0.39 is 6.04 Å². The van der Waals surface area contributed by atoms with Crippen molar-refractivity contribution in [1.29, 1.82) is 0 Å². The first kappa shape index (κ1) is 22.0. The van der Waals surface area contributed by atoms with Crippen LogP contribution in [0.4, 0.5) is 0 Å². The maximum Gasteiger partial charge on any atom is 0.242 e. The van der Waals surface area contributed by atoms with Crippen molar-refractivity contribution in [3.63, 3.8) is 0 Å². The standard InChI is InChI=1S/C23H29ClN2O2/c1-4-14-25-23(28)21(5-2)26(16-18-10-12-20(24)13-11-18)22(27)15-19-9-7-6-8-17(19)3/h6-13,21H,4-5,14-16H2,1-3H3,(H,25,28)/t21-/m1/s1. The molecule has 1 N–H and O–H groups in total. The SMILES string of the molecule is CCCNC(=O)[C@@H](CC)N(Cc1ccc(Cl)cc1)C(=O)Cc1ccccc1C.